The van der Waals surface area contributed by atoms with Crippen molar-refractivity contribution in [3.8, 4) is 5.75 Å². The number of amidine groups is 1. The van der Waals surface area contributed by atoms with Gasteiger partial charge in [-0.1, -0.05) is 12.1 Å². The molecule has 1 aliphatic heterocycles. The summed E-state index contributed by atoms with van der Waals surface area (Å²) in [6.45, 7) is 3.92. The molecule has 0 unspecified atom stereocenters. The standard InChI is InChI=1S/C16H16N2O3S/c1-11(2)21-13-9-7-12(8-10-13)17-16-14-5-3-4-6-15(14)22(19,20)18-16/h3-11H,1-2H3,(H,17,18). The number of fused-ring (bicyclic) bond motifs is 1. The van der Waals surface area contributed by atoms with E-state index in [0.717, 1.165) is 11.4 Å². The fourth-order valence-corrected chi connectivity index (χ4v) is 3.40. The van der Waals surface area contributed by atoms with E-state index in [-0.39, 0.29) is 11.0 Å². The van der Waals surface area contributed by atoms with Crippen LogP contribution in [0.1, 0.15) is 19.4 Å². The van der Waals surface area contributed by atoms with Crippen LogP contribution in [0.25, 0.3) is 0 Å². The van der Waals surface area contributed by atoms with E-state index in [1.807, 2.05) is 38.1 Å². The van der Waals surface area contributed by atoms with Gasteiger partial charge in [0, 0.05) is 11.3 Å². The van der Waals surface area contributed by atoms with Crippen molar-refractivity contribution in [3.05, 3.63) is 54.1 Å². The Morgan fingerprint density at radius 2 is 1.73 bits per heavy atom. The van der Waals surface area contributed by atoms with Gasteiger partial charge in [0.05, 0.1) is 6.10 Å². The molecule has 0 atom stereocenters. The predicted octanol–water partition coefficient (Wildman–Crippen LogP) is 3.03. The fourth-order valence-electron chi connectivity index (χ4n) is 2.22. The largest absolute Gasteiger partial charge is 0.491 e. The van der Waals surface area contributed by atoms with Crippen LogP contribution in [0.3, 0.4) is 0 Å². The van der Waals surface area contributed by atoms with E-state index in [1.165, 1.54) is 0 Å². The smallest absolute Gasteiger partial charge is 0.285 e. The van der Waals surface area contributed by atoms with Crippen LogP contribution in [0.5, 0.6) is 5.75 Å². The molecule has 0 amide bonds. The van der Waals surface area contributed by atoms with E-state index in [9.17, 15) is 8.42 Å². The van der Waals surface area contributed by atoms with Gasteiger partial charge in [-0.2, -0.15) is 8.42 Å². The molecule has 6 heteroatoms. The summed E-state index contributed by atoms with van der Waals surface area (Å²) in [5, 5.41) is 3.05. The molecule has 2 aromatic rings. The number of sulfonamides is 1. The summed E-state index contributed by atoms with van der Waals surface area (Å²) >= 11 is 0. The summed E-state index contributed by atoms with van der Waals surface area (Å²) in [4.78, 5) is 0.234. The van der Waals surface area contributed by atoms with Crippen LogP contribution in [0.4, 0.5) is 5.69 Å². The van der Waals surface area contributed by atoms with E-state index in [2.05, 4.69) is 9.71 Å². The van der Waals surface area contributed by atoms with Gasteiger partial charge in [0.2, 0.25) is 0 Å². The number of hydrogen-bond donors (Lipinski definition) is 1. The van der Waals surface area contributed by atoms with Gasteiger partial charge in [0.1, 0.15) is 10.6 Å². The zero-order valence-corrected chi connectivity index (χ0v) is 13.1. The molecular formula is C16H16N2O3S. The van der Waals surface area contributed by atoms with E-state index in [4.69, 9.17) is 4.74 Å². The van der Waals surface area contributed by atoms with Crippen LogP contribution in [0, 0.1) is 0 Å². The van der Waals surface area contributed by atoms with Crippen molar-refractivity contribution in [1.29, 1.82) is 0 Å². The molecule has 0 fully saturated rings. The average molecular weight is 316 g/mol. The summed E-state index contributed by atoms with van der Waals surface area (Å²) in [6.07, 6.45) is 0.107. The molecule has 22 heavy (non-hydrogen) atoms. The number of hydrogen-bond acceptors (Lipinski definition) is 4. The Balaban J connectivity index is 1.85. The number of nitrogens with one attached hydrogen (secondary N) is 1. The van der Waals surface area contributed by atoms with Gasteiger partial charge in [-0.25, -0.2) is 0 Å². The van der Waals surface area contributed by atoms with Crippen LogP contribution in [-0.4, -0.2) is 20.4 Å². The topological polar surface area (TPSA) is 67.8 Å². The molecular weight excluding hydrogens is 300 g/mol. The first-order chi connectivity index (χ1) is 10.5. The third-order valence-electron chi connectivity index (χ3n) is 3.12. The Hall–Kier alpha value is -2.34. The molecule has 0 aliphatic carbocycles. The monoisotopic (exact) mass is 316 g/mol. The number of ether oxygens (including phenoxy) is 1. The second-order valence-electron chi connectivity index (χ2n) is 5.23. The van der Waals surface area contributed by atoms with Crippen molar-refractivity contribution in [2.45, 2.75) is 24.8 Å². The highest BCUT2D eigenvalue weighted by molar-refractivity contribution is 7.90. The predicted molar refractivity (Wildman–Crippen MR) is 86.0 cm³/mol. The number of rotatable bonds is 3. The number of benzene rings is 2. The summed E-state index contributed by atoms with van der Waals surface area (Å²) < 4.78 is 33.3. The van der Waals surface area contributed by atoms with E-state index < -0.39 is 10.0 Å². The summed E-state index contributed by atoms with van der Waals surface area (Å²) in [6, 6.07) is 14.1. The molecule has 0 saturated heterocycles. The fraction of sp³-hybridized carbons (Fsp3) is 0.188. The van der Waals surface area contributed by atoms with Crippen LogP contribution in [0.15, 0.2) is 57.8 Å². The maximum atomic E-state index is 12.0. The quantitative estimate of drug-likeness (QED) is 0.945. The lowest BCUT2D eigenvalue weighted by Crippen LogP contribution is -2.11. The normalized spacial score (nSPS) is 15.3. The zero-order chi connectivity index (χ0) is 15.7. The van der Waals surface area contributed by atoms with Crippen LogP contribution in [-0.2, 0) is 10.0 Å². The summed E-state index contributed by atoms with van der Waals surface area (Å²) in [5.74, 6) is 1.11. The molecule has 5 nitrogen and oxygen atoms in total. The van der Waals surface area contributed by atoms with Crippen LogP contribution in [0.2, 0.25) is 0 Å². The van der Waals surface area contributed by atoms with Crippen molar-refractivity contribution in [1.82, 2.24) is 0 Å². The molecule has 0 saturated carbocycles. The van der Waals surface area contributed by atoms with Gasteiger partial charge in [-0.15, -0.1) is 4.40 Å². The molecule has 1 heterocycles. The first-order valence-corrected chi connectivity index (χ1v) is 8.38. The third-order valence-corrected chi connectivity index (χ3v) is 4.46. The SMILES string of the molecule is CC(C)Oc1ccc(NC2=NS(=O)(=O)c3ccccc32)cc1. The highest BCUT2D eigenvalue weighted by atomic mass is 32.2. The Labute approximate surface area is 129 Å². The Bertz CT molecular complexity index is 825. The Morgan fingerprint density at radius 3 is 2.41 bits per heavy atom. The molecule has 0 aromatic heterocycles. The van der Waals surface area contributed by atoms with Gasteiger partial charge >= 0.3 is 0 Å². The van der Waals surface area contributed by atoms with Crippen LogP contribution >= 0.6 is 0 Å². The molecule has 1 N–H and O–H groups in total. The summed E-state index contributed by atoms with van der Waals surface area (Å²) in [7, 11) is -3.60. The van der Waals surface area contributed by atoms with Crippen molar-refractivity contribution in [3.63, 3.8) is 0 Å². The van der Waals surface area contributed by atoms with Crippen molar-refractivity contribution < 1.29 is 13.2 Å². The van der Waals surface area contributed by atoms with Gasteiger partial charge in [-0.05, 0) is 50.2 Å². The molecule has 2 aromatic carbocycles. The van der Waals surface area contributed by atoms with Gasteiger partial charge in [0.15, 0.2) is 5.84 Å². The van der Waals surface area contributed by atoms with Crippen molar-refractivity contribution >= 4 is 21.5 Å². The Kier molecular flexibility index (Phi) is 3.62. The highest BCUT2D eigenvalue weighted by Gasteiger charge is 2.28. The van der Waals surface area contributed by atoms with Gasteiger partial charge in [-0.3, -0.25) is 0 Å². The molecule has 0 radical (unpaired) electrons. The third kappa shape index (κ3) is 2.82. The Morgan fingerprint density at radius 1 is 1.05 bits per heavy atom. The van der Waals surface area contributed by atoms with Crippen LogP contribution < -0.4 is 10.1 Å². The van der Waals surface area contributed by atoms with E-state index in [0.29, 0.717) is 11.4 Å². The molecule has 3 rings (SSSR count). The van der Waals surface area contributed by atoms with Gasteiger partial charge < -0.3 is 10.1 Å². The maximum absolute atomic E-state index is 12.0. The maximum Gasteiger partial charge on any atom is 0.285 e. The number of nitrogens with zero attached hydrogens (tertiary/aromatic N) is 1. The first kappa shape index (κ1) is 14.6. The second-order valence-corrected chi connectivity index (χ2v) is 6.80. The molecule has 0 spiro atoms. The molecule has 0 bridgehead atoms. The highest BCUT2D eigenvalue weighted by Crippen LogP contribution is 2.27. The average Bonchev–Trinajstić information content (AvgIpc) is 2.72. The zero-order valence-electron chi connectivity index (χ0n) is 12.3. The second kappa shape index (κ2) is 5.46. The lowest BCUT2D eigenvalue weighted by molar-refractivity contribution is 0.242. The van der Waals surface area contributed by atoms with Gasteiger partial charge in [0.25, 0.3) is 10.0 Å². The van der Waals surface area contributed by atoms with E-state index in [1.54, 1.807) is 24.3 Å². The lowest BCUT2D eigenvalue weighted by atomic mass is 10.2. The summed E-state index contributed by atoms with van der Waals surface area (Å²) in [5.41, 5.74) is 1.34. The molecule has 114 valence electrons. The minimum absolute atomic E-state index is 0.107. The lowest BCUT2D eigenvalue weighted by Gasteiger charge is -2.11. The van der Waals surface area contributed by atoms with Crippen molar-refractivity contribution in [2.24, 2.45) is 4.40 Å². The van der Waals surface area contributed by atoms with Crippen molar-refractivity contribution in [2.75, 3.05) is 5.32 Å². The van der Waals surface area contributed by atoms with E-state index >= 15 is 0 Å². The minimum Gasteiger partial charge on any atom is -0.491 e. The minimum atomic E-state index is -3.60. The number of anilines is 1. The molecule has 1 aliphatic rings. The first-order valence-electron chi connectivity index (χ1n) is 6.94.